The minimum Gasteiger partial charge on any atom is -0.469 e. The minimum absolute atomic E-state index is 0.0176. The molecule has 0 spiro atoms. The van der Waals surface area contributed by atoms with Crippen molar-refractivity contribution < 1.29 is 13.6 Å². The van der Waals surface area contributed by atoms with Crippen LogP contribution >= 0.6 is 0 Å². The first-order valence-electron chi connectivity index (χ1n) is 7.94. The molecule has 1 amide bonds. The Morgan fingerprint density at radius 3 is 2.74 bits per heavy atom. The van der Waals surface area contributed by atoms with E-state index in [0.717, 1.165) is 26.1 Å². The van der Waals surface area contributed by atoms with Gasteiger partial charge in [0, 0.05) is 38.3 Å². The van der Waals surface area contributed by atoms with Gasteiger partial charge in [0.15, 0.2) is 0 Å². The Hall–Kier alpha value is -2.14. The SMILES string of the molecule is Cc1occc1C(=O)N1CCCN(Cc2ccccc2F)CC1. The molecule has 2 aromatic rings. The van der Waals surface area contributed by atoms with Crippen LogP contribution in [0.5, 0.6) is 0 Å². The van der Waals surface area contributed by atoms with Crippen molar-refractivity contribution in [2.45, 2.75) is 19.9 Å². The predicted octanol–water partition coefficient (Wildman–Crippen LogP) is 3.08. The molecule has 2 heterocycles. The van der Waals surface area contributed by atoms with Gasteiger partial charge in [-0.3, -0.25) is 9.69 Å². The number of hydrogen-bond donors (Lipinski definition) is 0. The Kier molecular flexibility index (Phi) is 4.76. The summed E-state index contributed by atoms with van der Waals surface area (Å²) in [4.78, 5) is 16.6. The molecule has 23 heavy (non-hydrogen) atoms. The fourth-order valence-electron chi connectivity index (χ4n) is 2.98. The molecule has 1 aliphatic heterocycles. The first-order chi connectivity index (χ1) is 11.1. The van der Waals surface area contributed by atoms with E-state index >= 15 is 0 Å². The van der Waals surface area contributed by atoms with Gasteiger partial charge in [-0.25, -0.2) is 4.39 Å². The molecule has 1 aromatic carbocycles. The van der Waals surface area contributed by atoms with Crippen LogP contribution in [0.3, 0.4) is 0 Å². The number of carbonyl (C=O) groups is 1. The monoisotopic (exact) mass is 316 g/mol. The summed E-state index contributed by atoms with van der Waals surface area (Å²) in [5.41, 5.74) is 1.34. The highest BCUT2D eigenvalue weighted by Gasteiger charge is 2.22. The van der Waals surface area contributed by atoms with Crippen molar-refractivity contribution >= 4 is 5.91 Å². The maximum absolute atomic E-state index is 13.8. The van der Waals surface area contributed by atoms with Gasteiger partial charge in [-0.1, -0.05) is 18.2 Å². The van der Waals surface area contributed by atoms with Crippen LogP contribution in [-0.2, 0) is 6.54 Å². The lowest BCUT2D eigenvalue weighted by atomic mass is 10.2. The smallest absolute Gasteiger partial charge is 0.257 e. The molecule has 0 unspecified atom stereocenters. The number of nitrogens with zero attached hydrogens (tertiary/aromatic N) is 2. The van der Waals surface area contributed by atoms with E-state index < -0.39 is 0 Å². The number of amides is 1. The summed E-state index contributed by atoms with van der Waals surface area (Å²) in [6.45, 7) is 5.36. The van der Waals surface area contributed by atoms with Crippen LogP contribution in [0.2, 0.25) is 0 Å². The molecule has 0 radical (unpaired) electrons. The zero-order chi connectivity index (χ0) is 16.2. The zero-order valence-corrected chi connectivity index (χ0v) is 13.3. The van der Waals surface area contributed by atoms with Gasteiger partial charge < -0.3 is 9.32 Å². The number of aryl methyl sites for hydroxylation is 1. The first kappa shape index (κ1) is 15.7. The number of halogens is 1. The van der Waals surface area contributed by atoms with Crippen LogP contribution in [0.25, 0.3) is 0 Å². The Labute approximate surface area is 135 Å². The summed E-state index contributed by atoms with van der Waals surface area (Å²) in [6, 6.07) is 8.59. The molecular weight excluding hydrogens is 295 g/mol. The molecule has 0 saturated carbocycles. The fourth-order valence-corrected chi connectivity index (χ4v) is 2.98. The van der Waals surface area contributed by atoms with Crippen LogP contribution in [0.15, 0.2) is 41.0 Å². The topological polar surface area (TPSA) is 36.7 Å². The van der Waals surface area contributed by atoms with Crippen molar-refractivity contribution in [1.29, 1.82) is 0 Å². The summed E-state index contributed by atoms with van der Waals surface area (Å²) >= 11 is 0. The molecule has 1 aliphatic rings. The summed E-state index contributed by atoms with van der Waals surface area (Å²) in [5, 5.41) is 0. The van der Waals surface area contributed by atoms with E-state index in [1.54, 1.807) is 25.3 Å². The predicted molar refractivity (Wildman–Crippen MR) is 85.6 cm³/mol. The van der Waals surface area contributed by atoms with E-state index in [9.17, 15) is 9.18 Å². The van der Waals surface area contributed by atoms with Crippen molar-refractivity contribution in [1.82, 2.24) is 9.80 Å². The van der Waals surface area contributed by atoms with E-state index in [4.69, 9.17) is 4.42 Å². The third-order valence-electron chi connectivity index (χ3n) is 4.32. The Balaban J connectivity index is 1.62. The van der Waals surface area contributed by atoms with Crippen molar-refractivity contribution in [2.75, 3.05) is 26.2 Å². The van der Waals surface area contributed by atoms with Crippen LogP contribution in [0.4, 0.5) is 4.39 Å². The van der Waals surface area contributed by atoms with Crippen molar-refractivity contribution in [2.24, 2.45) is 0 Å². The summed E-state index contributed by atoms with van der Waals surface area (Å²) in [7, 11) is 0. The van der Waals surface area contributed by atoms with E-state index in [1.165, 1.54) is 6.07 Å². The second kappa shape index (κ2) is 6.96. The largest absolute Gasteiger partial charge is 0.469 e. The number of hydrogen-bond acceptors (Lipinski definition) is 3. The maximum Gasteiger partial charge on any atom is 0.257 e. The highest BCUT2D eigenvalue weighted by atomic mass is 19.1. The lowest BCUT2D eigenvalue weighted by Gasteiger charge is -2.22. The molecule has 0 aliphatic carbocycles. The standard InChI is InChI=1S/C18H21FN2O2/c1-14-16(7-12-23-14)18(22)21-9-4-8-20(10-11-21)13-15-5-2-3-6-17(15)19/h2-3,5-7,12H,4,8-11,13H2,1H3. The summed E-state index contributed by atoms with van der Waals surface area (Å²) in [5.74, 6) is 0.505. The Morgan fingerprint density at radius 1 is 1.17 bits per heavy atom. The average Bonchev–Trinajstić information content (AvgIpc) is 2.83. The van der Waals surface area contributed by atoms with Gasteiger partial charge in [0.05, 0.1) is 11.8 Å². The molecule has 0 N–H and O–H groups in total. The average molecular weight is 316 g/mol. The third kappa shape index (κ3) is 3.62. The minimum atomic E-state index is -0.168. The van der Waals surface area contributed by atoms with Crippen molar-refractivity contribution in [3.05, 3.63) is 59.3 Å². The highest BCUT2D eigenvalue weighted by molar-refractivity contribution is 5.95. The van der Waals surface area contributed by atoms with Crippen molar-refractivity contribution in [3.63, 3.8) is 0 Å². The first-order valence-corrected chi connectivity index (χ1v) is 7.94. The van der Waals surface area contributed by atoms with Gasteiger partial charge in [-0.2, -0.15) is 0 Å². The molecule has 3 rings (SSSR count). The molecule has 0 atom stereocenters. The molecule has 1 fully saturated rings. The number of rotatable bonds is 3. The van der Waals surface area contributed by atoms with E-state index in [2.05, 4.69) is 4.90 Å². The van der Waals surface area contributed by atoms with E-state index in [0.29, 0.717) is 30.0 Å². The molecular formula is C18H21FN2O2. The Bertz CT molecular complexity index is 683. The van der Waals surface area contributed by atoms with Crippen molar-refractivity contribution in [3.8, 4) is 0 Å². The van der Waals surface area contributed by atoms with Gasteiger partial charge >= 0.3 is 0 Å². The molecule has 0 bridgehead atoms. The summed E-state index contributed by atoms with van der Waals surface area (Å²) in [6.07, 6.45) is 2.43. The maximum atomic E-state index is 13.8. The van der Waals surface area contributed by atoms with E-state index in [1.807, 2.05) is 17.0 Å². The third-order valence-corrected chi connectivity index (χ3v) is 4.32. The van der Waals surface area contributed by atoms with Crippen LogP contribution in [0.1, 0.15) is 28.1 Å². The van der Waals surface area contributed by atoms with Gasteiger partial charge in [0.25, 0.3) is 5.91 Å². The van der Waals surface area contributed by atoms with Crippen LogP contribution in [0, 0.1) is 12.7 Å². The zero-order valence-electron chi connectivity index (χ0n) is 13.3. The van der Waals surface area contributed by atoms with E-state index in [-0.39, 0.29) is 11.7 Å². The second-order valence-electron chi connectivity index (χ2n) is 5.90. The lowest BCUT2D eigenvalue weighted by molar-refractivity contribution is 0.0759. The quantitative estimate of drug-likeness (QED) is 0.873. The summed E-state index contributed by atoms with van der Waals surface area (Å²) < 4.78 is 19.0. The molecule has 4 nitrogen and oxygen atoms in total. The molecule has 5 heteroatoms. The number of carbonyl (C=O) groups excluding carboxylic acids is 1. The molecule has 122 valence electrons. The normalized spacial score (nSPS) is 16.3. The van der Waals surface area contributed by atoms with Crippen LogP contribution in [-0.4, -0.2) is 41.9 Å². The van der Waals surface area contributed by atoms with Gasteiger partial charge in [-0.15, -0.1) is 0 Å². The molecule has 1 aromatic heterocycles. The lowest BCUT2D eigenvalue weighted by Crippen LogP contribution is -2.35. The fraction of sp³-hybridized carbons (Fsp3) is 0.389. The Morgan fingerprint density at radius 2 is 2.00 bits per heavy atom. The molecule has 1 saturated heterocycles. The van der Waals surface area contributed by atoms with Gasteiger partial charge in [-0.05, 0) is 25.5 Å². The van der Waals surface area contributed by atoms with Gasteiger partial charge in [0.1, 0.15) is 11.6 Å². The number of furan rings is 1. The van der Waals surface area contributed by atoms with Crippen LogP contribution < -0.4 is 0 Å². The number of benzene rings is 1. The second-order valence-corrected chi connectivity index (χ2v) is 5.90. The highest BCUT2D eigenvalue weighted by Crippen LogP contribution is 2.16. The van der Waals surface area contributed by atoms with Gasteiger partial charge in [0.2, 0.25) is 0 Å².